The first-order valence-electron chi connectivity index (χ1n) is 6.32. The molecule has 0 aliphatic rings. The Morgan fingerprint density at radius 2 is 1.52 bits per heavy atom. The van der Waals surface area contributed by atoms with Gasteiger partial charge in [0.05, 0.1) is 5.56 Å². The SMILES string of the molecule is C[N+](=O)[O-].O=C(Nc1ccccc1)c1ccc(C(F)(F)F)cc1. The number of alkyl halides is 3. The van der Waals surface area contributed by atoms with Gasteiger partial charge in [-0.2, -0.15) is 13.2 Å². The Labute approximate surface area is 129 Å². The molecule has 1 amide bonds. The summed E-state index contributed by atoms with van der Waals surface area (Å²) in [4.78, 5) is 20.1. The fraction of sp³-hybridized carbons (Fsp3) is 0.133. The summed E-state index contributed by atoms with van der Waals surface area (Å²) in [6, 6.07) is 12.8. The summed E-state index contributed by atoms with van der Waals surface area (Å²) < 4.78 is 37.1. The van der Waals surface area contributed by atoms with Crippen LogP contribution >= 0.6 is 0 Å². The van der Waals surface area contributed by atoms with E-state index in [1.807, 2.05) is 0 Å². The standard InChI is InChI=1S/C14H10F3NO.CH3NO2/c15-14(16,17)11-8-6-10(7-9-11)13(19)18-12-4-2-1-3-5-12;1-2(3)4/h1-9H,(H,18,19);1H3. The van der Waals surface area contributed by atoms with Crippen molar-refractivity contribution in [3.05, 3.63) is 75.8 Å². The summed E-state index contributed by atoms with van der Waals surface area (Å²) in [7, 11) is 0.889. The van der Waals surface area contributed by atoms with E-state index in [1.165, 1.54) is 0 Å². The molecule has 0 aromatic heterocycles. The number of nitrogens with zero attached hydrogens (tertiary/aromatic N) is 1. The molecule has 2 aromatic rings. The molecule has 8 heteroatoms. The van der Waals surface area contributed by atoms with Crippen LogP contribution in [0.15, 0.2) is 54.6 Å². The largest absolute Gasteiger partial charge is 0.416 e. The molecule has 0 aliphatic carbocycles. The summed E-state index contributed by atoms with van der Waals surface area (Å²) in [5.41, 5.74) is -0.00647. The van der Waals surface area contributed by atoms with E-state index in [9.17, 15) is 18.0 Å². The number of carbonyl (C=O) groups excluding carboxylic acids is 1. The normalized spacial score (nSPS) is 10.3. The number of benzene rings is 2. The molecule has 0 aliphatic heterocycles. The van der Waals surface area contributed by atoms with E-state index in [2.05, 4.69) is 5.32 Å². The second-order valence-electron chi connectivity index (χ2n) is 4.33. The zero-order valence-corrected chi connectivity index (χ0v) is 12.0. The molecule has 0 saturated carbocycles. The van der Waals surface area contributed by atoms with E-state index in [4.69, 9.17) is 10.1 Å². The van der Waals surface area contributed by atoms with Gasteiger partial charge in [-0.15, -0.1) is 0 Å². The highest BCUT2D eigenvalue weighted by Crippen LogP contribution is 2.29. The number of rotatable bonds is 2. The van der Waals surface area contributed by atoms with Gasteiger partial charge in [-0.1, -0.05) is 18.2 Å². The third-order valence-corrected chi connectivity index (χ3v) is 2.51. The van der Waals surface area contributed by atoms with Crippen molar-refractivity contribution in [2.45, 2.75) is 6.18 Å². The summed E-state index contributed by atoms with van der Waals surface area (Å²) in [5, 5.41) is 11.4. The molecule has 0 spiro atoms. The third-order valence-electron chi connectivity index (χ3n) is 2.51. The zero-order valence-electron chi connectivity index (χ0n) is 12.0. The van der Waals surface area contributed by atoms with Gasteiger partial charge in [-0.25, -0.2) is 0 Å². The van der Waals surface area contributed by atoms with Crippen LogP contribution in [0.2, 0.25) is 0 Å². The highest BCUT2D eigenvalue weighted by atomic mass is 19.4. The lowest BCUT2D eigenvalue weighted by atomic mass is 10.1. The molecule has 2 rings (SSSR count). The third kappa shape index (κ3) is 6.60. The lowest BCUT2D eigenvalue weighted by Crippen LogP contribution is -2.12. The van der Waals surface area contributed by atoms with Gasteiger partial charge >= 0.3 is 6.18 Å². The maximum atomic E-state index is 12.4. The van der Waals surface area contributed by atoms with Crippen molar-refractivity contribution in [3.63, 3.8) is 0 Å². The van der Waals surface area contributed by atoms with Gasteiger partial charge in [0.1, 0.15) is 0 Å². The average molecular weight is 326 g/mol. The van der Waals surface area contributed by atoms with Gasteiger partial charge in [0.2, 0.25) is 0 Å². The van der Waals surface area contributed by atoms with Gasteiger partial charge in [-0.05, 0) is 36.4 Å². The van der Waals surface area contributed by atoms with Crippen LogP contribution in [-0.4, -0.2) is 17.9 Å². The van der Waals surface area contributed by atoms with Crippen molar-refractivity contribution in [3.8, 4) is 0 Å². The van der Waals surface area contributed by atoms with Gasteiger partial charge in [0.15, 0.2) is 7.05 Å². The zero-order chi connectivity index (χ0) is 17.5. The van der Waals surface area contributed by atoms with Crippen molar-refractivity contribution in [2.75, 3.05) is 12.4 Å². The first kappa shape index (κ1) is 18.1. The smallest absolute Gasteiger partial charge is 0.322 e. The van der Waals surface area contributed by atoms with Gasteiger partial charge in [0, 0.05) is 16.2 Å². The molecular weight excluding hydrogens is 313 g/mol. The second kappa shape index (κ2) is 7.92. The van der Waals surface area contributed by atoms with Crippen LogP contribution in [0.4, 0.5) is 18.9 Å². The van der Waals surface area contributed by atoms with Gasteiger partial charge in [-0.3, -0.25) is 14.9 Å². The Bertz CT molecular complexity index is 652. The number of anilines is 1. The van der Waals surface area contributed by atoms with E-state index in [0.29, 0.717) is 5.69 Å². The number of amides is 1. The molecule has 0 radical (unpaired) electrons. The predicted molar refractivity (Wildman–Crippen MR) is 78.8 cm³/mol. The minimum atomic E-state index is -4.39. The molecule has 1 N–H and O–H groups in total. The number of halogens is 3. The highest BCUT2D eigenvalue weighted by molar-refractivity contribution is 6.04. The molecule has 0 unspecified atom stereocenters. The Balaban J connectivity index is 0.000000593. The van der Waals surface area contributed by atoms with Crippen molar-refractivity contribution in [1.29, 1.82) is 0 Å². The summed E-state index contributed by atoms with van der Waals surface area (Å²) >= 11 is 0. The van der Waals surface area contributed by atoms with E-state index in [0.717, 1.165) is 31.3 Å². The van der Waals surface area contributed by atoms with Crippen molar-refractivity contribution in [2.24, 2.45) is 0 Å². The first-order valence-corrected chi connectivity index (χ1v) is 6.32. The number of nitrogens with one attached hydrogen (secondary N) is 1. The first-order chi connectivity index (χ1) is 10.7. The molecule has 2 aromatic carbocycles. The molecule has 0 atom stereocenters. The Kier molecular flexibility index (Phi) is 6.25. The maximum absolute atomic E-state index is 12.4. The van der Waals surface area contributed by atoms with Crippen LogP contribution in [0.3, 0.4) is 0 Å². The van der Waals surface area contributed by atoms with E-state index < -0.39 is 22.6 Å². The van der Waals surface area contributed by atoms with E-state index in [1.54, 1.807) is 30.3 Å². The molecule has 5 nitrogen and oxygen atoms in total. The fourth-order valence-electron chi connectivity index (χ4n) is 1.54. The number of hydrogen-bond acceptors (Lipinski definition) is 3. The molecule has 0 heterocycles. The predicted octanol–water partition coefficient (Wildman–Crippen LogP) is 3.85. The van der Waals surface area contributed by atoms with E-state index >= 15 is 0 Å². The maximum Gasteiger partial charge on any atom is 0.416 e. The van der Waals surface area contributed by atoms with Crippen LogP contribution in [0, 0.1) is 10.1 Å². The molecule has 0 bridgehead atoms. The second-order valence-corrected chi connectivity index (χ2v) is 4.33. The fourth-order valence-corrected chi connectivity index (χ4v) is 1.54. The van der Waals surface area contributed by atoms with Crippen LogP contribution in [-0.2, 0) is 6.18 Å². The van der Waals surface area contributed by atoms with Crippen LogP contribution < -0.4 is 5.32 Å². The minimum Gasteiger partial charge on any atom is -0.322 e. The average Bonchev–Trinajstić information content (AvgIpc) is 2.47. The number of carbonyl (C=O) groups is 1. The van der Waals surface area contributed by atoms with Crippen molar-refractivity contribution >= 4 is 11.6 Å². The quantitative estimate of drug-likeness (QED) is 0.673. The monoisotopic (exact) mass is 326 g/mol. The summed E-state index contributed by atoms with van der Waals surface area (Å²) in [6.07, 6.45) is -4.39. The van der Waals surface area contributed by atoms with Gasteiger partial charge in [0.25, 0.3) is 5.91 Å². The van der Waals surface area contributed by atoms with Crippen molar-refractivity contribution < 1.29 is 22.9 Å². The van der Waals surface area contributed by atoms with E-state index in [-0.39, 0.29) is 5.56 Å². The minimum absolute atomic E-state index is 0.178. The Morgan fingerprint density at radius 1 is 1.04 bits per heavy atom. The summed E-state index contributed by atoms with van der Waals surface area (Å²) in [6.45, 7) is 0. The lowest BCUT2D eigenvalue weighted by molar-refractivity contribution is -0.445. The Morgan fingerprint density at radius 3 is 1.96 bits per heavy atom. The molecule has 0 fully saturated rings. The highest BCUT2D eigenvalue weighted by Gasteiger charge is 2.30. The molecular formula is C15H13F3N2O3. The van der Waals surface area contributed by atoms with Gasteiger partial charge < -0.3 is 5.32 Å². The van der Waals surface area contributed by atoms with Crippen LogP contribution in [0.1, 0.15) is 15.9 Å². The number of para-hydroxylation sites is 1. The van der Waals surface area contributed by atoms with Crippen LogP contribution in [0.5, 0.6) is 0 Å². The lowest BCUT2D eigenvalue weighted by Gasteiger charge is -2.08. The van der Waals surface area contributed by atoms with Crippen molar-refractivity contribution in [1.82, 2.24) is 0 Å². The number of nitro groups is 1. The molecule has 0 saturated heterocycles. The van der Waals surface area contributed by atoms with Crippen LogP contribution in [0.25, 0.3) is 0 Å². The molecule has 122 valence electrons. The Hall–Kier alpha value is -2.90. The summed E-state index contributed by atoms with van der Waals surface area (Å²) in [5.74, 6) is -0.445. The topological polar surface area (TPSA) is 72.2 Å². The molecule has 23 heavy (non-hydrogen) atoms. The number of hydrogen-bond donors (Lipinski definition) is 1.